The molecule has 3 aromatic rings. The van der Waals surface area contributed by atoms with Crippen molar-refractivity contribution in [2.75, 3.05) is 5.32 Å². The third-order valence-corrected chi connectivity index (χ3v) is 5.96. The molecule has 1 aliphatic carbocycles. The summed E-state index contributed by atoms with van der Waals surface area (Å²) in [6, 6.07) is 14.7. The summed E-state index contributed by atoms with van der Waals surface area (Å²) in [5, 5.41) is 3.96. The Bertz CT molecular complexity index is 1040. The van der Waals surface area contributed by atoms with Crippen LogP contribution in [0.4, 0.5) is 18.9 Å². The van der Waals surface area contributed by atoms with Gasteiger partial charge in [0.15, 0.2) is 0 Å². The molecule has 1 heterocycles. The van der Waals surface area contributed by atoms with Crippen molar-refractivity contribution in [1.29, 1.82) is 0 Å². The van der Waals surface area contributed by atoms with Crippen LogP contribution < -0.4 is 5.32 Å². The molecule has 156 valence electrons. The second-order valence-corrected chi connectivity index (χ2v) is 8.08. The standard InChI is InChI=1S/C24H23F3N2O/c25-24(26,27)19-10-8-17(9-11-19)15-23(12-4-1-5-13-23)22(30)29-20-14-18-6-2-3-7-21(18)28-16-20/h2-3,6-11,14,16H,1,4-5,12-13,15H2,(H,29,30). The number of benzene rings is 2. The SMILES string of the molecule is O=C(Nc1cnc2ccccc2c1)C1(Cc2ccc(C(F)(F)F)cc2)CCCCC1. The summed E-state index contributed by atoms with van der Waals surface area (Å²) in [5.74, 6) is -0.0841. The van der Waals surface area contributed by atoms with Gasteiger partial charge in [0.2, 0.25) is 5.91 Å². The number of para-hydroxylation sites is 1. The first-order valence-corrected chi connectivity index (χ1v) is 10.2. The minimum atomic E-state index is -4.36. The first kappa shape index (κ1) is 20.4. The highest BCUT2D eigenvalue weighted by Crippen LogP contribution is 2.41. The van der Waals surface area contributed by atoms with E-state index in [2.05, 4.69) is 10.3 Å². The van der Waals surface area contributed by atoms with Crippen molar-refractivity contribution in [3.8, 4) is 0 Å². The number of alkyl halides is 3. The number of rotatable bonds is 4. The van der Waals surface area contributed by atoms with Gasteiger partial charge in [0.05, 0.1) is 28.4 Å². The van der Waals surface area contributed by atoms with Crippen molar-refractivity contribution in [2.45, 2.75) is 44.7 Å². The summed E-state index contributed by atoms with van der Waals surface area (Å²) in [6.07, 6.45) is 2.10. The predicted octanol–water partition coefficient (Wildman–Crippen LogP) is 6.39. The number of hydrogen-bond acceptors (Lipinski definition) is 2. The maximum atomic E-state index is 13.3. The maximum Gasteiger partial charge on any atom is 0.416 e. The second-order valence-electron chi connectivity index (χ2n) is 8.08. The van der Waals surface area contributed by atoms with Crippen LogP contribution in [0, 0.1) is 5.41 Å². The van der Waals surface area contributed by atoms with Crippen LogP contribution in [0.5, 0.6) is 0 Å². The van der Waals surface area contributed by atoms with Crippen molar-refractivity contribution in [3.05, 3.63) is 71.9 Å². The smallest absolute Gasteiger partial charge is 0.324 e. The van der Waals surface area contributed by atoms with Gasteiger partial charge in [0, 0.05) is 5.39 Å². The van der Waals surface area contributed by atoms with E-state index in [1.165, 1.54) is 12.1 Å². The fraction of sp³-hybridized carbons (Fsp3) is 0.333. The fourth-order valence-electron chi connectivity index (χ4n) is 4.32. The van der Waals surface area contributed by atoms with Gasteiger partial charge in [-0.3, -0.25) is 9.78 Å². The van der Waals surface area contributed by atoms with Crippen LogP contribution in [-0.2, 0) is 17.4 Å². The maximum absolute atomic E-state index is 13.3. The molecule has 1 fully saturated rings. The Hall–Kier alpha value is -2.89. The molecular formula is C24H23F3N2O. The first-order valence-electron chi connectivity index (χ1n) is 10.2. The lowest BCUT2D eigenvalue weighted by Crippen LogP contribution is -2.40. The number of nitrogens with zero attached hydrogens (tertiary/aromatic N) is 1. The number of pyridine rings is 1. The third kappa shape index (κ3) is 4.32. The average Bonchev–Trinajstić information content (AvgIpc) is 2.74. The monoisotopic (exact) mass is 412 g/mol. The van der Waals surface area contributed by atoms with Gasteiger partial charge >= 0.3 is 6.18 Å². The molecule has 1 aliphatic rings. The quantitative estimate of drug-likeness (QED) is 0.540. The Labute approximate surface area is 173 Å². The fourth-order valence-corrected chi connectivity index (χ4v) is 4.32. The number of halogens is 3. The van der Waals surface area contributed by atoms with Gasteiger partial charge in [0.1, 0.15) is 0 Å². The number of amides is 1. The largest absolute Gasteiger partial charge is 0.416 e. The topological polar surface area (TPSA) is 42.0 Å². The average molecular weight is 412 g/mol. The van der Waals surface area contributed by atoms with E-state index >= 15 is 0 Å². The highest BCUT2D eigenvalue weighted by molar-refractivity contribution is 5.97. The van der Waals surface area contributed by atoms with E-state index in [0.29, 0.717) is 12.1 Å². The number of hydrogen-bond donors (Lipinski definition) is 1. The Morgan fingerprint density at radius 3 is 2.40 bits per heavy atom. The summed E-state index contributed by atoms with van der Waals surface area (Å²) in [6.45, 7) is 0. The second kappa shape index (κ2) is 8.09. The summed E-state index contributed by atoms with van der Waals surface area (Å²) in [7, 11) is 0. The zero-order valence-corrected chi connectivity index (χ0v) is 16.5. The number of fused-ring (bicyclic) bond motifs is 1. The lowest BCUT2D eigenvalue weighted by Gasteiger charge is -2.36. The third-order valence-electron chi connectivity index (χ3n) is 5.96. The van der Waals surface area contributed by atoms with E-state index in [0.717, 1.165) is 60.7 Å². The molecule has 0 aliphatic heterocycles. The van der Waals surface area contributed by atoms with Crippen LogP contribution in [0.3, 0.4) is 0 Å². The van der Waals surface area contributed by atoms with Crippen molar-refractivity contribution in [2.24, 2.45) is 5.41 Å². The van der Waals surface area contributed by atoms with Crippen molar-refractivity contribution in [3.63, 3.8) is 0 Å². The number of carbonyl (C=O) groups is 1. The first-order chi connectivity index (χ1) is 14.4. The van der Waals surface area contributed by atoms with Gasteiger partial charge in [-0.25, -0.2) is 0 Å². The van der Waals surface area contributed by atoms with Crippen LogP contribution in [0.2, 0.25) is 0 Å². The number of carbonyl (C=O) groups excluding carboxylic acids is 1. The lowest BCUT2D eigenvalue weighted by atomic mass is 9.69. The molecule has 3 nitrogen and oxygen atoms in total. The van der Waals surface area contributed by atoms with Crippen LogP contribution in [0.15, 0.2) is 60.8 Å². The minimum Gasteiger partial charge on any atom is -0.324 e. The van der Waals surface area contributed by atoms with Crippen molar-refractivity contribution < 1.29 is 18.0 Å². The van der Waals surface area contributed by atoms with Crippen LogP contribution in [-0.4, -0.2) is 10.9 Å². The van der Waals surface area contributed by atoms with Gasteiger partial charge in [-0.2, -0.15) is 13.2 Å². The molecule has 0 bridgehead atoms. The summed E-state index contributed by atoms with van der Waals surface area (Å²) in [4.78, 5) is 17.7. The van der Waals surface area contributed by atoms with E-state index in [1.807, 2.05) is 30.3 Å². The van der Waals surface area contributed by atoms with Crippen molar-refractivity contribution >= 4 is 22.5 Å². The van der Waals surface area contributed by atoms with Gasteiger partial charge in [-0.05, 0) is 49.1 Å². The van der Waals surface area contributed by atoms with E-state index in [9.17, 15) is 18.0 Å². The summed E-state index contributed by atoms with van der Waals surface area (Å²) < 4.78 is 38.6. The normalized spacial score (nSPS) is 16.4. The molecule has 30 heavy (non-hydrogen) atoms. The van der Waals surface area contributed by atoms with Crippen LogP contribution >= 0.6 is 0 Å². The molecular weight excluding hydrogens is 389 g/mol. The molecule has 4 rings (SSSR count). The van der Waals surface area contributed by atoms with Gasteiger partial charge in [-0.1, -0.05) is 49.6 Å². The molecule has 0 radical (unpaired) electrons. The molecule has 2 aromatic carbocycles. The molecule has 1 amide bonds. The van der Waals surface area contributed by atoms with Gasteiger partial charge in [-0.15, -0.1) is 0 Å². The molecule has 1 saturated carbocycles. The highest BCUT2D eigenvalue weighted by Gasteiger charge is 2.40. The molecule has 1 N–H and O–H groups in total. The molecule has 0 spiro atoms. The van der Waals surface area contributed by atoms with E-state index in [1.54, 1.807) is 6.20 Å². The van der Waals surface area contributed by atoms with E-state index in [-0.39, 0.29) is 5.91 Å². The molecule has 0 unspecified atom stereocenters. The van der Waals surface area contributed by atoms with Crippen LogP contribution in [0.1, 0.15) is 43.2 Å². The van der Waals surface area contributed by atoms with E-state index in [4.69, 9.17) is 0 Å². The molecule has 6 heteroatoms. The molecule has 1 aromatic heterocycles. The number of aromatic nitrogens is 1. The zero-order chi connectivity index (χ0) is 21.2. The van der Waals surface area contributed by atoms with E-state index < -0.39 is 17.2 Å². The van der Waals surface area contributed by atoms with Gasteiger partial charge in [0.25, 0.3) is 0 Å². The van der Waals surface area contributed by atoms with Crippen LogP contribution in [0.25, 0.3) is 10.9 Å². The minimum absolute atomic E-state index is 0.0841. The van der Waals surface area contributed by atoms with Gasteiger partial charge < -0.3 is 5.32 Å². The molecule has 0 atom stereocenters. The predicted molar refractivity (Wildman–Crippen MR) is 111 cm³/mol. The zero-order valence-electron chi connectivity index (χ0n) is 16.5. The Balaban J connectivity index is 1.56. The lowest BCUT2D eigenvalue weighted by molar-refractivity contribution is -0.137. The summed E-state index contributed by atoms with van der Waals surface area (Å²) in [5.41, 5.74) is 0.944. The molecule has 0 saturated heterocycles. The Kier molecular flexibility index (Phi) is 5.50. The number of anilines is 1. The summed E-state index contributed by atoms with van der Waals surface area (Å²) >= 11 is 0. The Morgan fingerprint density at radius 1 is 1.00 bits per heavy atom. The number of nitrogens with one attached hydrogen (secondary N) is 1. The Morgan fingerprint density at radius 2 is 1.70 bits per heavy atom. The highest BCUT2D eigenvalue weighted by atomic mass is 19.4. The van der Waals surface area contributed by atoms with Crippen molar-refractivity contribution in [1.82, 2.24) is 4.98 Å².